The molecule has 40 heavy (non-hydrogen) atoms. The number of hydrogen-bond donors (Lipinski definition) is 3. The minimum absolute atomic E-state index is 0.174. The molecule has 0 aliphatic heterocycles. The van der Waals surface area contributed by atoms with Crippen LogP contribution in [0.2, 0.25) is 0 Å². The lowest BCUT2D eigenvalue weighted by Crippen LogP contribution is -2.11. The number of aromatic amines is 1. The Morgan fingerprint density at radius 3 is 1.88 bits per heavy atom. The number of H-pyrrole nitrogens is 1. The maximum Gasteiger partial charge on any atom is 0.279 e. The highest BCUT2D eigenvalue weighted by molar-refractivity contribution is 5.84. The molecule has 0 aliphatic rings. The van der Waals surface area contributed by atoms with Crippen molar-refractivity contribution in [1.29, 1.82) is 0 Å². The van der Waals surface area contributed by atoms with Crippen molar-refractivity contribution < 1.29 is 0 Å². The second kappa shape index (κ2) is 11.5. The minimum atomic E-state index is -0.174. The van der Waals surface area contributed by atoms with Crippen LogP contribution in [0.1, 0.15) is 65.5 Å². The van der Waals surface area contributed by atoms with Crippen molar-refractivity contribution in [3.05, 3.63) is 53.4 Å². The SMILES string of the molecule is CC(C)n1cnc2c(N)ccnc21.CC(C)n1nnc2c(N)ccnc21.Cc1nc2c(ncn2C(C)C)c(=O)[nH]1. The first-order valence-corrected chi connectivity index (χ1v) is 12.9. The molecule has 0 bridgehead atoms. The van der Waals surface area contributed by atoms with Crippen LogP contribution >= 0.6 is 0 Å². The van der Waals surface area contributed by atoms with Crippen LogP contribution in [-0.4, -0.2) is 54.0 Å². The van der Waals surface area contributed by atoms with Crippen molar-refractivity contribution in [2.24, 2.45) is 0 Å². The number of nitrogens with zero attached hydrogens (tertiary/aromatic N) is 10. The average Bonchev–Trinajstić information content (AvgIpc) is 3.62. The lowest BCUT2D eigenvalue weighted by atomic mass is 10.3. The van der Waals surface area contributed by atoms with Gasteiger partial charge in [-0.15, -0.1) is 5.10 Å². The highest BCUT2D eigenvalue weighted by Gasteiger charge is 2.11. The predicted molar refractivity (Wildman–Crippen MR) is 156 cm³/mol. The predicted octanol–water partition coefficient (Wildman–Crippen LogP) is 3.59. The fourth-order valence-corrected chi connectivity index (χ4v) is 3.96. The van der Waals surface area contributed by atoms with E-state index < -0.39 is 0 Å². The van der Waals surface area contributed by atoms with Gasteiger partial charge in [0.2, 0.25) is 0 Å². The molecule has 5 N–H and O–H groups in total. The Hall–Kier alpha value is -4.88. The van der Waals surface area contributed by atoms with Crippen molar-refractivity contribution in [2.45, 2.75) is 66.6 Å². The number of fused-ring (bicyclic) bond motifs is 3. The first-order chi connectivity index (χ1) is 19.0. The summed E-state index contributed by atoms with van der Waals surface area (Å²) in [5.74, 6) is 0.616. The van der Waals surface area contributed by atoms with Gasteiger partial charge in [-0.05, 0) is 60.6 Å². The molecule has 0 aromatic carbocycles. The molecule has 0 unspecified atom stereocenters. The molecule has 6 aromatic heterocycles. The Morgan fingerprint density at radius 2 is 1.27 bits per heavy atom. The summed E-state index contributed by atoms with van der Waals surface area (Å²) in [6.45, 7) is 14.0. The third-order valence-corrected chi connectivity index (χ3v) is 6.04. The van der Waals surface area contributed by atoms with Crippen LogP contribution < -0.4 is 17.0 Å². The fourth-order valence-electron chi connectivity index (χ4n) is 3.96. The van der Waals surface area contributed by atoms with Gasteiger partial charge in [-0.1, -0.05) is 5.21 Å². The van der Waals surface area contributed by atoms with Crippen LogP contribution in [0.3, 0.4) is 0 Å². The van der Waals surface area contributed by atoms with E-state index in [2.05, 4.69) is 54.1 Å². The van der Waals surface area contributed by atoms with Crippen LogP contribution in [-0.2, 0) is 0 Å². The first kappa shape index (κ1) is 28.1. The summed E-state index contributed by atoms with van der Waals surface area (Å²) < 4.78 is 5.65. The zero-order valence-electron chi connectivity index (χ0n) is 23.7. The molecule has 0 saturated carbocycles. The topological polar surface area (TPSA) is 190 Å². The summed E-state index contributed by atoms with van der Waals surface area (Å²) in [4.78, 5) is 35.0. The standard InChI is InChI=1S/C9H12N4O.C9H12N4.C8H11N5/c1-5(2)13-4-10-7-8(13)11-6(3)12-9(7)14;1-6(2)13-5-12-8-7(10)3-4-11-9(8)13;1-5(2)13-8-7(11-12-13)6(9)3-4-10-8/h4-5H,1-3H3,(H,11,12,14);3-6H,1-2H3,(H2,10,11);3-5H,1-2H3,(H2,9,10). The summed E-state index contributed by atoms with van der Waals surface area (Å²) in [6.07, 6.45) is 6.80. The Balaban J connectivity index is 0.000000139. The number of hydrogen-bond acceptors (Lipinski definition) is 10. The summed E-state index contributed by atoms with van der Waals surface area (Å²) in [5, 5.41) is 7.94. The lowest BCUT2D eigenvalue weighted by molar-refractivity contribution is 0.526. The summed E-state index contributed by atoms with van der Waals surface area (Å²) in [6, 6.07) is 4.36. The number of pyridine rings is 2. The van der Waals surface area contributed by atoms with Crippen LogP contribution in [0.25, 0.3) is 33.5 Å². The lowest BCUT2D eigenvalue weighted by Gasteiger charge is -2.06. The molecule has 0 radical (unpaired) electrons. The molecule has 0 fully saturated rings. The van der Waals surface area contributed by atoms with E-state index in [1.807, 2.05) is 36.8 Å². The van der Waals surface area contributed by atoms with Crippen molar-refractivity contribution in [2.75, 3.05) is 11.5 Å². The number of aromatic nitrogens is 11. The Bertz CT molecular complexity index is 1720. The van der Waals surface area contributed by atoms with Crippen LogP contribution in [0.5, 0.6) is 0 Å². The van der Waals surface area contributed by atoms with Gasteiger partial charge in [0, 0.05) is 24.5 Å². The van der Waals surface area contributed by atoms with Gasteiger partial charge < -0.3 is 25.6 Å². The van der Waals surface area contributed by atoms with E-state index >= 15 is 0 Å². The molecule has 0 saturated heterocycles. The van der Waals surface area contributed by atoms with E-state index in [4.69, 9.17) is 11.5 Å². The van der Waals surface area contributed by atoms with Crippen molar-refractivity contribution in [3.8, 4) is 0 Å². The van der Waals surface area contributed by atoms with Crippen molar-refractivity contribution in [1.82, 2.24) is 54.0 Å². The highest BCUT2D eigenvalue weighted by atomic mass is 16.1. The van der Waals surface area contributed by atoms with E-state index in [1.54, 1.807) is 48.8 Å². The molecule has 6 aromatic rings. The minimum Gasteiger partial charge on any atom is -0.397 e. The first-order valence-electron chi connectivity index (χ1n) is 12.9. The molecule has 14 nitrogen and oxygen atoms in total. The molecule has 6 rings (SSSR count). The van der Waals surface area contributed by atoms with Gasteiger partial charge in [0.05, 0.1) is 30.1 Å². The molecule has 0 aliphatic carbocycles. The summed E-state index contributed by atoms with van der Waals surface area (Å²) >= 11 is 0. The fraction of sp³-hybridized carbons (Fsp3) is 0.385. The third kappa shape index (κ3) is 5.60. The Morgan fingerprint density at radius 1 is 0.725 bits per heavy atom. The largest absolute Gasteiger partial charge is 0.397 e. The van der Waals surface area contributed by atoms with E-state index in [9.17, 15) is 4.79 Å². The Kier molecular flexibility index (Phi) is 8.07. The number of rotatable bonds is 3. The number of aryl methyl sites for hydroxylation is 1. The highest BCUT2D eigenvalue weighted by Crippen LogP contribution is 2.20. The molecular formula is C26H35N13O. The molecule has 6 heterocycles. The van der Waals surface area contributed by atoms with Gasteiger partial charge in [0.15, 0.2) is 28.0 Å². The van der Waals surface area contributed by atoms with Crippen LogP contribution in [0, 0.1) is 6.92 Å². The molecule has 14 heteroatoms. The van der Waals surface area contributed by atoms with Gasteiger partial charge >= 0.3 is 0 Å². The second-order valence-corrected chi connectivity index (χ2v) is 10.1. The van der Waals surface area contributed by atoms with E-state index in [0.717, 1.165) is 16.8 Å². The van der Waals surface area contributed by atoms with Crippen molar-refractivity contribution >= 4 is 44.9 Å². The van der Waals surface area contributed by atoms with Crippen LogP contribution in [0.15, 0.2) is 42.0 Å². The van der Waals surface area contributed by atoms with Gasteiger partial charge in [-0.2, -0.15) is 0 Å². The zero-order valence-corrected chi connectivity index (χ0v) is 23.7. The van der Waals surface area contributed by atoms with Crippen LogP contribution in [0.4, 0.5) is 11.4 Å². The molecule has 0 amide bonds. The summed E-state index contributed by atoms with van der Waals surface area (Å²) in [7, 11) is 0. The quantitative estimate of drug-likeness (QED) is 0.296. The van der Waals surface area contributed by atoms with Gasteiger partial charge in [-0.3, -0.25) is 4.79 Å². The van der Waals surface area contributed by atoms with Gasteiger partial charge in [-0.25, -0.2) is 29.6 Å². The van der Waals surface area contributed by atoms with Crippen molar-refractivity contribution in [3.63, 3.8) is 0 Å². The zero-order chi connectivity index (χ0) is 29.1. The monoisotopic (exact) mass is 545 g/mol. The number of imidazole rings is 2. The molecule has 0 atom stereocenters. The van der Waals surface area contributed by atoms with E-state index in [-0.39, 0.29) is 17.6 Å². The smallest absolute Gasteiger partial charge is 0.279 e. The number of nitrogen functional groups attached to an aromatic ring is 2. The molecular weight excluding hydrogens is 510 g/mol. The number of nitrogens with two attached hydrogens (primary N) is 2. The number of anilines is 2. The van der Waals surface area contributed by atoms with Gasteiger partial charge in [0.1, 0.15) is 11.3 Å². The van der Waals surface area contributed by atoms with E-state index in [1.165, 1.54) is 0 Å². The average molecular weight is 546 g/mol. The second-order valence-electron chi connectivity index (χ2n) is 10.1. The maximum atomic E-state index is 11.5. The van der Waals surface area contributed by atoms with Gasteiger partial charge in [0.25, 0.3) is 5.56 Å². The maximum absolute atomic E-state index is 11.5. The summed E-state index contributed by atoms with van der Waals surface area (Å²) in [5.41, 5.74) is 16.7. The normalized spacial score (nSPS) is 11.3. The van der Waals surface area contributed by atoms with E-state index in [0.29, 0.717) is 39.9 Å². The molecule has 0 spiro atoms. The third-order valence-electron chi connectivity index (χ3n) is 6.04. The number of nitrogens with one attached hydrogen (secondary N) is 1. The molecule has 210 valence electrons. The Labute approximate surface area is 230 Å².